The number of hydrazine groups is 1. The summed E-state index contributed by atoms with van der Waals surface area (Å²) in [5.74, 6) is 4.97. The van der Waals surface area contributed by atoms with Crippen molar-refractivity contribution in [1.29, 1.82) is 0 Å². The average Bonchev–Trinajstić information content (AvgIpc) is 2.98. The SMILES string of the molecule is CN1C2CCC1CN(CC1CCC(C(=O)NN)O1)CC2. The van der Waals surface area contributed by atoms with Crippen LogP contribution in [0.1, 0.15) is 32.1 Å². The van der Waals surface area contributed by atoms with Crippen LogP contribution in [0.3, 0.4) is 0 Å². The Labute approximate surface area is 120 Å². The van der Waals surface area contributed by atoms with Gasteiger partial charge in [-0.05, 0) is 45.7 Å². The van der Waals surface area contributed by atoms with E-state index in [1.165, 1.54) is 19.3 Å². The molecule has 0 aliphatic carbocycles. The fourth-order valence-corrected chi connectivity index (χ4v) is 3.96. The van der Waals surface area contributed by atoms with Gasteiger partial charge in [-0.3, -0.25) is 20.0 Å². The van der Waals surface area contributed by atoms with E-state index in [0.29, 0.717) is 6.04 Å². The number of carbonyl (C=O) groups is 1. The number of hydrogen-bond donors (Lipinski definition) is 2. The molecule has 6 heteroatoms. The van der Waals surface area contributed by atoms with Crippen molar-refractivity contribution in [2.45, 2.75) is 56.4 Å². The lowest BCUT2D eigenvalue weighted by atomic mass is 10.1. The van der Waals surface area contributed by atoms with Gasteiger partial charge in [0.05, 0.1) is 6.10 Å². The summed E-state index contributed by atoms with van der Waals surface area (Å²) in [6.07, 6.45) is 5.50. The number of carbonyl (C=O) groups excluding carboxylic acids is 1. The molecule has 6 nitrogen and oxygen atoms in total. The Bertz CT molecular complexity index is 365. The number of nitrogens with zero attached hydrogens (tertiary/aromatic N) is 2. The standard InChI is InChI=1S/C14H26N4O2/c1-17-10-2-3-11(17)8-18(7-6-10)9-12-4-5-13(20-12)14(19)16-15/h10-13H,2-9,15H2,1H3,(H,16,19). The van der Waals surface area contributed by atoms with Crippen LogP contribution in [-0.2, 0) is 9.53 Å². The van der Waals surface area contributed by atoms with E-state index in [4.69, 9.17) is 10.6 Å². The van der Waals surface area contributed by atoms with E-state index in [2.05, 4.69) is 22.3 Å². The molecule has 1 amide bonds. The van der Waals surface area contributed by atoms with Gasteiger partial charge < -0.3 is 4.74 Å². The van der Waals surface area contributed by atoms with Gasteiger partial charge in [-0.15, -0.1) is 0 Å². The van der Waals surface area contributed by atoms with Crippen LogP contribution >= 0.6 is 0 Å². The summed E-state index contributed by atoms with van der Waals surface area (Å²) in [6, 6.07) is 1.47. The zero-order chi connectivity index (χ0) is 14.1. The second-order valence-electron chi connectivity index (χ2n) is 6.43. The predicted molar refractivity (Wildman–Crippen MR) is 75.9 cm³/mol. The second-order valence-corrected chi connectivity index (χ2v) is 6.43. The predicted octanol–water partition coefficient (Wildman–Crippen LogP) is -0.308. The fraction of sp³-hybridized carbons (Fsp3) is 0.929. The smallest absolute Gasteiger partial charge is 0.263 e. The topological polar surface area (TPSA) is 70.8 Å². The third kappa shape index (κ3) is 2.83. The summed E-state index contributed by atoms with van der Waals surface area (Å²) in [5, 5.41) is 0. The molecule has 0 saturated carbocycles. The van der Waals surface area contributed by atoms with Gasteiger partial charge in [0.25, 0.3) is 5.91 Å². The van der Waals surface area contributed by atoms with E-state index in [0.717, 1.165) is 38.5 Å². The summed E-state index contributed by atoms with van der Waals surface area (Å²) in [7, 11) is 2.26. The minimum absolute atomic E-state index is 0.180. The number of nitrogens with two attached hydrogens (primary N) is 1. The van der Waals surface area contributed by atoms with Gasteiger partial charge in [-0.1, -0.05) is 0 Å². The Morgan fingerprint density at radius 2 is 2.05 bits per heavy atom. The molecule has 3 aliphatic rings. The van der Waals surface area contributed by atoms with Gasteiger partial charge in [0.15, 0.2) is 0 Å². The zero-order valence-electron chi connectivity index (χ0n) is 12.3. The van der Waals surface area contributed by atoms with Crippen molar-refractivity contribution in [2.24, 2.45) is 5.84 Å². The lowest BCUT2D eigenvalue weighted by Crippen LogP contribution is -2.42. The molecule has 20 heavy (non-hydrogen) atoms. The van der Waals surface area contributed by atoms with Crippen molar-refractivity contribution in [1.82, 2.24) is 15.2 Å². The second kappa shape index (κ2) is 5.97. The van der Waals surface area contributed by atoms with Gasteiger partial charge in [-0.2, -0.15) is 0 Å². The molecular formula is C14H26N4O2. The van der Waals surface area contributed by atoms with Crippen LogP contribution in [-0.4, -0.2) is 66.7 Å². The molecule has 2 bridgehead atoms. The molecule has 4 atom stereocenters. The summed E-state index contributed by atoms with van der Waals surface area (Å²) >= 11 is 0. The van der Waals surface area contributed by atoms with E-state index in [9.17, 15) is 4.79 Å². The van der Waals surface area contributed by atoms with Crippen LogP contribution in [0, 0.1) is 0 Å². The summed E-state index contributed by atoms with van der Waals surface area (Å²) < 4.78 is 5.82. The van der Waals surface area contributed by atoms with Crippen LogP contribution in [0.15, 0.2) is 0 Å². The highest BCUT2D eigenvalue weighted by Gasteiger charge is 2.37. The maximum atomic E-state index is 11.5. The Kier molecular flexibility index (Phi) is 4.26. The van der Waals surface area contributed by atoms with Crippen molar-refractivity contribution < 1.29 is 9.53 Å². The molecule has 4 unspecified atom stereocenters. The number of nitrogens with one attached hydrogen (secondary N) is 1. The highest BCUT2D eigenvalue weighted by molar-refractivity contribution is 5.80. The molecule has 0 radical (unpaired) electrons. The molecule has 0 spiro atoms. The number of amides is 1. The van der Waals surface area contributed by atoms with Crippen LogP contribution in [0.4, 0.5) is 0 Å². The molecule has 3 N–H and O–H groups in total. The van der Waals surface area contributed by atoms with Gasteiger partial charge in [0.1, 0.15) is 6.10 Å². The van der Waals surface area contributed by atoms with Crippen LogP contribution in [0.5, 0.6) is 0 Å². The molecule has 3 aliphatic heterocycles. The molecule has 3 heterocycles. The Hall–Kier alpha value is -0.690. The molecule has 3 rings (SSSR count). The van der Waals surface area contributed by atoms with Gasteiger partial charge >= 0.3 is 0 Å². The number of likely N-dealkylation sites (tertiary alicyclic amines) is 1. The maximum absolute atomic E-state index is 11.5. The van der Waals surface area contributed by atoms with E-state index in [1.54, 1.807) is 0 Å². The number of hydrogen-bond acceptors (Lipinski definition) is 5. The minimum atomic E-state index is -0.351. The Morgan fingerprint density at radius 3 is 2.85 bits per heavy atom. The summed E-state index contributed by atoms with van der Waals surface area (Å²) in [6.45, 7) is 3.24. The van der Waals surface area contributed by atoms with E-state index >= 15 is 0 Å². The molecule has 3 fully saturated rings. The quantitative estimate of drug-likeness (QED) is 0.422. The maximum Gasteiger partial charge on any atom is 0.263 e. The molecular weight excluding hydrogens is 256 g/mol. The van der Waals surface area contributed by atoms with E-state index < -0.39 is 0 Å². The Morgan fingerprint density at radius 1 is 1.25 bits per heavy atom. The number of fused-ring (bicyclic) bond motifs is 2. The highest BCUT2D eigenvalue weighted by Crippen LogP contribution is 2.29. The number of ether oxygens (including phenoxy) is 1. The third-order valence-corrected chi connectivity index (χ3v) is 5.24. The molecule has 0 aromatic rings. The molecule has 0 aromatic carbocycles. The van der Waals surface area contributed by atoms with Crippen molar-refractivity contribution in [3.05, 3.63) is 0 Å². The van der Waals surface area contributed by atoms with Crippen molar-refractivity contribution >= 4 is 5.91 Å². The third-order valence-electron chi connectivity index (χ3n) is 5.24. The molecule has 3 saturated heterocycles. The molecule has 114 valence electrons. The fourth-order valence-electron chi connectivity index (χ4n) is 3.96. The summed E-state index contributed by atoms with van der Waals surface area (Å²) in [4.78, 5) is 16.5. The number of rotatable bonds is 3. The first kappa shape index (κ1) is 14.3. The summed E-state index contributed by atoms with van der Waals surface area (Å²) in [5.41, 5.74) is 2.18. The van der Waals surface area contributed by atoms with Crippen molar-refractivity contribution in [3.8, 4) is 0 Å². The highest BCUT2D eigenvalue weighted by atomic mass is 16.5. The van der Waals surface area contributed by atoms with Crippen molar-refractivity contribution in [3.63, 3.8) is 0 Å². The van der Waals surface area contributed by atoms with Gasteiger partial charge in [-0.25, -0.2) is 5.84 Å². The number of likely N-dealkylation sites (N-methyl/N-ethyl adjacent to an activating group) is 1. The lowest BCUT2D eigenvalue weighted by Gasteiger charge is -2.27. The first-order chi connectivity index (χ1) is 9.67. The average molecular weight is 282 g/mol. The largest absolute Gasteiger partial charge is 0.364 e. The van der Waals surface area contributed by atoms with E-state index in [1.807, 2.05) is 0 Å². The van der Waals surface area contributed by atoms with Crippen LogP contribution in [0.2, 0.25) is 0 Å². The monoisotopic (exact) mass is 282 g/mol. The van der Waals surface area contributed by atoms with E-state index in [-0.39, 0.29) is 18.1 Å². The van der Waals surface area contributed by atoms with Crippen molar-refractivity contribution in [2.75, 3.05) is 26.7 Å². The Balaban J connectivity index is 1.50. The normalized spacial score (nSPS) is 38.9. The first-order valence-corrected chi connectivity index (χ1v) is 7.77. The van der Waals surface area contributed by atoms with Crippen LogP contribution in [0.25, 0.3) is 0 Å². The first-order valence-electron chi connectivity index (χ1n) is 7.77. The molecule has 0 aromatic heterocycles. The zero-order valence-corrected chi connectivity index (χ0v) is 12.3. The lowest BCUT2D eigenvalue weighted by molar-refractivity contribution is -0.132. The van der Waals surface area contributed by atoms with Gasteiger partial charge in [0.2, 0.25) is 0 Å². The van der Waals surface area contributed by atoms with Gasteiger partial charge in [0, 0.05) is 25.2 Å². The minimum Gasteiger partial charge on any atom is -0.364 e. The van der Waals surface area contributed by atoms with Crippen LogP contribution < -0.4 is 11.3 Å².